The van der Waals surface area contributed by atoms with Gasteiger partial charge in [-0.05, 0) is 37.8 Å². The van der Waals surface area contributed by atoms with Crippen molar-refractivity contribution >= 4 is 5.91 Å². The van der Waals surface area contributed by atoms with Crippen LogP contribution in [0.3, 0.4) is 0 Å². The third kappa shape index (κ3) is 4.56. The van der Waals surface area contributed by atoms with E-state index in [1.807, 2.05) is 31.2 Å². The van der Waals surface area contributed by atoms with Crippen molar-refractivity contribution in [3.05, 3.63) is 29.8 Å². The van der Waals surface area contributed by atoms with Crippen LogP contribution < -0.4 is 10.1 Å². The molecule has 4 nitrogen and oxygen atoms in total. The van der Waals surface area contributed by atoms with E-state index in [9.17, 15) is 4.79 Å². The van der Waals surface area contributed by atoms with Crippen molar-refractivity contribution < 1.29 is 14.3 Å². The molecule has 4 heteroatoms. The van der Waals surface area contributed by atoms with Crippen LogP contribution in [0.5, 0.6) is 5.75 Å². The molecule has 19 heavy (non-hydrogen) atoms. The fraction of sp³-hybridized carbons (Fsp3) is 0.533. The Hall–Kier alpha value is -1.55. The second-order valence-corrected chi connectivity index (χ2v) is 4.83. The van der Waals surface area contributed by atoms with Crippen molar-refractivity contribution in [2.45, 2.75) is 32.3 Å². The summed E-state index contributed by atoms with van der Waals surface area (Å²) in [7, 11) is 0. The number of amides is 1. The van der Waals surface area contributed by atoms with Crippen LogP contribution in [0.2, 0.25) is 0 Å². The zero-order valence-electron chi connectivity index (χ0n) is 11.4. The zero-order valence-corrected chi connectivity index (χ0v) is 11.4. The lowest BCUT2D eigenvalue weighted by Crippen LogP contribution is -2.31. The van der Waals surface area contributed by atoms with Gasteiger partial charge in [0.05, 0.1) is 6.10 Å². The third-order valence-corrected chi connectivity index (χ3v) is 3.26. The van der Waals surface area contributed by atoms with Gasteiger partial charge in [0.25, 0.3) is 5.91 Å². The lowest BCUT2D eigenvalue weighted by molar-refractivity contribution is -0.123. The number of ether oxygens (including phenoxy) is 2. The van der Waals surface area contributed by atoms with Gasteiger partial charge in [0, 0.05) is 13.2 Å². The molecule has 1 heterocycles. The molecule has 1 aliphatic heterocycles. The second kappa shape index (κ2) is 7.14. The van der Waals surface area contributed by atoms with E-state index < -0.39 is 0 Å². The van der Waals surface area contributed by atoms with E-state index in [-0.39, 0.29) is 12.5 Å². The number of aryl methyl sites for hydroxylation is 1. The molecular weight excluding hydrogens is 242 g/mol. The minimum atomic E-state index is -0.0822. The van der Waals surface area contributed by atoms with Gasteiger partial charge in [-0.2, -0.15) is 0 Å². The monoisotopic (exact) mass is 263 g/mol. The average molecular weight is 263 g/mol. The van der Waals surface area contributed by atoms with Crippen molar-refractivity contribution in [2.24, 2.45) is 0 Å². The Bertz CT molecular complexity index is 414. The molecule has 1 N–H and O–H groups in total. The summed E-state index contributed by atoms with van der Waals surface area (Å²) in [6.07, 6.45) is 3.44. The summed E-state index contributed by atoms with van der Waals surface area (Å²) in [5.74, 6) is 0.679. The molecule has 0 spiro atoms. The predicted octanol–water partition coefficient (Wildman–Crippen LogP) is 2.06. The zero-order chi connectivity index (χ0) is 13.5. The number of hydrogen-bond acceptors (Lipinski definition) is 3. The maximum absolute atomic E-state index is 11.6. The highest BCUT2D eigenvalue weighted by Crippen LogP contribution is 2.16. The number of benzene rings is 1. The van der Waals surface area contributed by atoms with Crippen molar-refractivity contribution in [1.82, 2.24) is 5.32 Å². The van der Waals surface area contributed by atoms with Gasteiger partial charge in [-0.1, -0.05) is 18.2 Å². The van der Waals surface area contributed by atoms with Gasteiger partial charge in [-0.3, -0.25) is 4.79 Å². The van der Waals surface area contributed by atoms with Crippen molar-refractivity contribution in [1.29, 1.82) is 0 Å². The molecule has 1 fully saturated rings. The molecule has 2 rings (SSSR count). The van der Waals surface area contributed by atoms with Crippen LogP contribution in [0.25, 0.3) is 0 Å². The molecule has 0 aromatic heterocycles. The molecule has 0 saturated carbocycles. The van der Waals surface area contributed by atoms with Gasteiger partial charge in [0.2, 0.25) is 0 Å². The van der Waals surface area contributed by atoms with E-state index in [1.54, 1.807) is 0 Å². The van der Waals surface area contributed by atoms with Crippen LogP contribution in [0, 0.1) is 6.92 Å². The van der Waals surface area contributed by atoms with Crippen LogP contribution in [0.15, 0.2) is 24.3 Å². The van der Waals surface area contributed by atoms with E-state index in [4.69, 9.17) is 9.47 Å². The predicted molar refractivity (Wildman–Crippen MR) is 73.3 cm³/mol. The summed E-state index contributed by atoms with van der Waals surface area (Å²) >= 11 is 0. The Morgan fingerprint density at radius 1 is 1.47 bits per heavy atom. The van der Waals surface area contributed by atoms with Gasteiger partial charge in [0.1, 0.15) is 5.75 Å². The van der Waals surface area contributed by atoms with E-state index >= 15 is 0 Å². The highest BCUT2D eigenvalue weighted by Gasteiger charge is 2.15. The number of para-hydroxylation sites is 1. The Labute approximate surface area is 114 Å². The maximum atomic E-state index is 11.6. The van der Waals surface area contributed by atoms with Gasteiger partial charge in [-0.25, -0.2) is 0 Å². The standard InChI is InChI=1S/C15H21NO3/c1-12-5-2-3-7-14(12)19-11-15(17)16-9-8-13-6-4-10-18-13/h2-3,5,7,13H,4,6,8-11H2,1H3,(H,16,17). The second-order valence-electron chi connectivity index (χ2n) is 4.83. The summed E-state index contributed by atoms with van der Waals surface area (Å²) in [6, 6.07) is 7.68. The molecular formula is C15H21NO3. The quantitative estimate of drug-likeness (QED) is 0.854. The lowest BCUT2D eigenvalue weighted by Gasteiger charge is -2.11. The van der Waals surface area contributed by atoms with Crippen LogP contribution >= 0.6 is 0 Å². The van der Waals surface area contributed by atoms with Crippen LogP contribution in [-0.2, 0) is 9.53 Å². The SMILES string of the molecule is Cc1ccccc1OCC(=O)NCCC1CCCO1. The highest BCUT2D eigenvalue weighted by atomic mass is 16.5. The van der Waals surface area contributed by atoms with Crippen LogP contribution in [0.1, 0.15) is 24.8 Å². The Morgan fingerprint density at radius 3 is 3.05 bits per heavy atom. The number of rotatable bonds is 6. The summed E-state index contributed by atoms with van der Waals surface area (Å²) in [5, 5.41) is 2.86. The van der Waals surface area contributed by atoms with E-state index in [0.717, 1.165) is 37.2 Å². The largest absolute Gasteiger partial charge is 0.484 e. The first kappa shape index (κ1) is 13.9. The third-order valence-electron chi connectivity index (χ3n) is 3.26. The van der Waals surface area contributed by atoms with Crippen molar-refractivity contribution in [2.75, 3.05) is 19.8 Å². The summed E-state index contributed by atoms with van der Waals surface area (Å²) in [5.41, 5.74) is 1.04. The molecule has 1 saturated heterocycles. The first-order valence-corrected chi connectivity index (χ1v) is 6.82. The minimum Gasteiger partial charge on any atom is -0.484 e. The average Bonchev–Trinajstić information content (AvgIpc) is 2.91. The lowest BCUT2D eigenvalue weighted by atomic mass is 10.2. The minimum absolute atomic E-state index is 0.0659. The Kier molecular flexibility index (Phi) is 5.21. The molecule has 104 valence electrons. The normalized spacial score (nSPS) is 18.3. The number of carbonyl (C=O) groups excluding carboxylic acids is 1. The summed E-state index contributed by atoms with van der Waals surface area (Å²) < 4.78 is 11.0. The van der Waals surface area contributed by atoms with Crippen molar-refractivity contribution in [3.8, 4) is 5.75 Å². The highest BCUT2D eigenvalue weighted by molar-refractivity contribution is 5.77. The Balaban J connectivity index is 1.63. The number of carbonyl (C=O) groups is 1. The van der Waals surface area contributed by atoms with Crippen LogP contribution in [0.4, 0.5) is 0 Å². The molecule has 1 atom stereocenters. The molecule has 1 amide bonds. The fourth-order valence-corrected chi connectivity index (χ4v) is 2.16. The molecule has 0 radical (unpaired) electrons. The van der Waals surface area contributed by atoms with E-state index in [0.29, 0.717) is 12.6 Å². The van der Waals surface area contributed by atoms with Gasteiger partial charge < -0.3 is 14.8 Å². The molecule has 1 unspecified atom stereocenters. The Morgan fingerprint density at radius 2 is 2.32 bits per heavy atom. The smallest absolute Gasteiger partial charge is 0.257 e. The number of nitrogens with one attached hydrogen (secondary N) is 1. The molecule has 1 aromatic carbocycles. The topological polar surface area (TPSA) is 47.6 Å². The first-order valence-electron chi connectivity index (χ1n) is 6.82. The van der Waals surface area contributed by atoms with Gasteiger partial charge in [0.15, 0.2) is 6.61 Å². The van der Waals surface area contributed by atoms with Gasteiger partial charge in [-0.15, -0.1) is 0 Å². The molecule has 1 aliphatic rings. The fourth-order valence-electron chi connectivity index (χ4n) is 2.16. The van der Waals surface area contributed by atoms with E-state index in [2.05, 4.69) is 5.32 Å². The van der Waals surface area contributed by atoms with Crippen molar-refractivity contribution in [3.63, 3.8) is 0 Å². The first-order chi connectivity index (χ1) is 9.25. The molecule has 0 bridgehead atoms. The molecule has 1 aromatic rings. The number of hydrogen-bond donors (Lipinski definition) is 1. The van der Waals surface area contributed by atoms with Gasteiger partial charge >= 0.3 is 0 Å². The van der Waals surface area contributed by atoms with E-state index in [1.165, 1.54) is 0 Å². The molecule has 0 aliphatic carbocycles. The summed E-state index contributed by atoms with van der Waals surface area (Å²) in [4.78, 5) is 11.6. The maximum Gasteiger partial charge on any atom is 0.257 e. The summed E-state index contributed by atoms with van der Waals surface area (Å²) in [6.45, 7) is 3.54. The van der Waals surface area contributed by atoms with Crippen LogP contribution in [-0.4, -0.2) is 31.8 Å².